The van der Waals surface area contributed by atoms with Gasteiger partial charge in [-0.05, 0) is 32.8 Å². The van der Waals surface area contributed by atoms with Crippen LogP contribution < -0.4 is 9.24 Å². The van der Waals surface area contributed by atoms with Gasteiger partial charge in [0.15, 0.2) is 10.1 Å². The molecule has 13 heavy (non-hydrogen) atoms. The molecule has 0 fully saturated rings. The summed E-state index contributed by atoms with van der Waals surface area (Å²) in [5, 5.41) is 18.9. The topological polar surface area (TPSA) is 40.5 Å². The highest BCUT2D eigenvalue weighted by Crippen LogP contribution is 2.26. The van der Waals surface area contributed by atoms with Crippen molar-refractivity contribution in [2.45, 2.75) is 0 Å². The molecule has 2 aromatic heterocycles. The minimum Gasteiger partial charge on any atom is -0.499 e. The van der Waals surface area contributed by atoms with E-state index in [2.05, 4.69) is 0 Å². The first-order valence-electron chi connectivity index (χ1n) is 3.59. The molecule has 0 amide bonds. The molecule has 0 saturated heterocycles. The van der Waals surface area contributed by atoms with E-state index in [4.69, 9.17) is 10.2 Å². The van der Waals surface area contributed by atoms with E-state index >= 15 is 0 Å². The molecule has 0 aromatic carbocycles. The van der Waals surface area contributed by atoms with Crippen molar-refractivity contribution < 1.29 is 10.2 Å². The van der Waals surface area contributed by atoms with E-state index in [0.29, 0.717) is 18.7 Å². The summed E-state index contributed by atoms with van der Waals surface area (Å²) in [4.78, 5) is 0. The van der Waals surface area contributed by atoms with Crippen LogP contribution in [0.5, 0.6) is 10.1 Å². The zero-order valence-corrected chi connectivity index (χ0v) is 9.15. The highest BCUT2D eigenvalue weighted by molar-refractivity contribution is 7.68. The van der Waals surface area contributed by atoms with Crippen molar-refractivity contribution in [1.82, 2.24) is 0 Å². The molecule has 5 heteroatoms. The third-order valence-electron chi connectivity index (χ3n) is 1.43. The predicted molar refractivity (Wildman–Crippen MR) is 59.6 cm³/mol. The van der Waals surface area contributed by atoms with Crippen LogP contribution in [0.2, 0.25) is 0 Å². The molecule has 68 valence electrons. The number of hydrogen-bond donors (Lipinski definition) is 2. The zero-order valence-electron chi connectivity index (χ0n) is 6.52. The van der Waals surface area contributed by atoms with E-state index in [-0.39, 0.29) is 0 Å². The van der Waals surface area contributed by atoms with Gasteiger partial charge in [0.05, 0.1) is 0 Å². The zero-order chi connectivity index (χ0) is 9.26. The van der Waals surface area contributed by atoms with Crippen molar-refractivity contribution in [1.29, 1.82) is 0 Å². The van der Waals surface area contributed by atoms with Crippen LogP contribution in [0.15, 0.2) is 24.3 Å². The van der Waals surface area contributed by atoms with Crippen LogP contribution in [0.4, 0.5) is 0 Å². The second-order valence-electron chi connectivity index (χ2n) is 2.40. The molecule has 0 unspecified atom stereocenters. The van der Waals surface area contributed by atoms with Crippen molar-refractivity contribution in [3.63, 3.8) is 0 Å². The molecule has 0 aliphatic rings. The lowest BCUT2D eigenvalue weighted by Crippen LogP contribution is -1.92. The summed E-state index contributed by atoms with van der Waals surface area (Å²) in [6.45, 7) is 0. The van der Waals surface area contributed by atoms with Crippen LogP contribution in [0.25, 0.3) is 0 Å². The Morgan fingerprint density at radius 2 is 1.31 bits per heavy atom. The van der Waals surface area contributed by atoms with E-state index in [1.54, 1.807) is 12.1 Å². The Bertz CT molecular complexity index is 369. The maximum atomic E-state index is 9.11. The summed E-state index contributed by atoms with van der Waals surface area (Å²) >= 11 is 2.77. The van der Waals surface area contributed by atoms with Gasteiger partial charge in [0, 0.05) is 9.24 Å². The van der Waals surface area contributed by atoms with E-state index < -0.39 is 0 Å². The Balaban J connectivity index is 2.14. The van der Waals surface area contributed by atoms with Gasteiger partial charge in [-0.3, -0.25) is 0 Å². The molecule has 0 aliphatic carbocycles. The summed E-state index contributed by atoms with van der Waals surface area (Å²) in [5.74, 6) is 0. The van der Waals surface area contributed by atoms with Gasteiger partial charge in [-0.25, -0.2) is 0 Å². The lowest BCUT2D eigenvalue weighted by atomic mass is 10.6. The van der Waals surface area contributed by atoms with Crippen molar-refractivity contribution in [3.8, 4) is 10.1 Å². The number of hydrogen-bond acceptors (Lipinski definition) is 4. The lowest BCUT2D eigenvalue weighted by molar-refractivity contribution is 0.490. The lowest BCUT2D eigenvalue weighted by Gasteiger charge is -1.90. The average Bonchev–Trinajstić information content (AvgIpc) is 2.62. The SMILES string of the molecule is Oc1ccc(Pc2ccc(O)s2)s1. The van der Waals surface area contributed by atoms with Gasteiger partial charge in [0.1, 0.15) is 0 Å². The smallest absolute Gasteiger partial charge is 0.171 e. The van der Waals surface area contributed by atoms with Gasteiger partial charge in [-0.2, -0.15) is 0 Å². The fourth-order valence-corrected chi connectivity index (χ4v) is 4.37. The third kappa shape index (κ3) is 2.21. The fraction of sp³-hybridized carbons (Fsp3) is 0. The minimum absolute atomic E-state index is 0.350. The Hall–Kier alpha value is -0.570. The largest absolute Gasteiger partial charge is 0.499 e. The van der Waals surface area contributed by atoms with Crippen LogP contribution in [0.3, 0.4) is 0 Å². The molecule has 2 heterocycles. The van der Waals surface area contributed by atoms with Crippen molar-refractivity contribution in [2.24, 2.45) is 0 Å². The van der Waals surface area contributed by atoms with E-state index in [1.165, 1.54) is 22.7 Å². The standard InChI is InChI=1S/C8H7O2PS2/c9-5-1-3-7(12-5)11-8-4-2-6(10)13-8/h1-4,9-11H. The molecule has 0 saturated carbocycles. The summed E-state index contributed by atoms with van der Waals surface area (Å²) in [7, 11) is 0.535. The molecule has 2 N–H and O–H groups in total. The summed E-state index contributed by atoms with van der Waals surface area (Å²) in [6.07, 6.45) is 0. The monoisotopic (exact) mass is 230 g/mol. The van der Waals surface area contributed by atoms with Gasteiger partial charge in [0.2, 0.25) is 0 Å². The van der Waals surface area contributed by atoms with Crippen molar-refractivity contribution in [3.05, 3.63) is 24.3 Å². The minimum atomic E-state index is 0.350. The average molecular weight is 230 g/mol. The van der Waals surface area contributed by atoms with Gasteiger partial charge in [-0.15, -0.1) is 0 Å². The van der Waals surface area contributed by atoms with Gasteiger partial charge >= 0.3 is 0 Å². The fourth-order valence-electron chi connectivity index (χ4n) is 0.911. The van der Waals surface area contributed by atoms with Crippen LogP contribution >= 0.6 is 31.3 Å². The first-order valence-corrected chi connectivity index (χ1v) is 6.22. The van der Waals surface area contributed by atoms with Crippen molar-refractivity contribution in [2.75, 3.05) is 0 Å². The summed E-state index contributed by atoms with van der Waals surface area (Å²) < 4.78 is 2.28. The van der Waals surface area contributed by atoms with Gasteiger partial charge in [0.25, 0.3) is 0 Å². The van der Waals surface area contributed by atoms with Gasteiger partial charge < -0.3 is 10.2 Å². The van der Waals surface area contributed by atoms with Gasteiger partial charge in [-0.1, -0.05) is 22.7 Å². The molecule has 0 radical (unpaired) electrons. The highest BCUT2D eigenvalue weighted by atomic mass is 32.1. The Kier molecular flexibility index (Phi) is 2.54. The highest BCUT2D eigenvalue weighted by Gasteiger charge is 2.02. The van der Waals surface area contributed by atoms with E-state index in [9.17, 15) is 0 Å². The number of aromatic hydroxyl groups is 2. The Morgan fingerprint density at radius 1 is 0.846 bits per heavy atom. The first kappa shape index (κ1) is 9.00. The van der Waals surface area contributed by atoms with Crippen LogP contribution in [-0.2, 0) is 0 Å². The Labute approximate surface area is 85.3 Å². The molecule has 2 rings (SSSR count). The molecule has 2 aromatic rings. The predicted octanol–water partition coefficient (Wildman–Crippen LogP) is 1.85. The molecular weight excluding hydrogens is 223 g/mol. The molecule has 0 bridgehead atoms. The van der Waals surface area contributed by atoms with E-state index in [1.807, 2.05) is 12.1 Å². The molecular formula is C8H7O2PS2. The van der Waals surface area contributed by atoms with Crippen LogP contribution in [0, 0.1) is 0 Å². The second-order valence-corrected chi connectivity index (χ2v) is 6.58. The molecule has 0 atom stereocenters. The van der Waals surface area contributed by atoms with E-state index in [0.717, 1.165) is 9.24 Å². The van der Waals surface area contributed by atoms with Crippen LogP contribution in [-0.4, -0.2) is 10.2 Å². The molecule has 2 nitrogen and oxygen atoms in total. The molecule has 0 aliphatic heterocycles. The normalized spacial score (nSPS) is 10.5. The number of thiophene rings is 2. The third-order valence-corrected chi connectivity index (χ3v) is 4.88. The Morgan fingerprint density at radius 3 is 1.62 bits per heavy atom. The number of rotatable bonds is 2. The van der Waals surface area contributed by atoms with Crippen molar-refractivity contribution >= 4 is 40.5 Å². The maximum absolute atomic E-state index is 9.11. The van der Waals surface area contributed by atoms with Crippen LogP contribution in [0.1, 0.15) is 0 Å². The maximum Gasteiger partial charge on any atom is 0.171 e. The summed E-state index contributed by atoms with van der Waals surface area (Å²) in [5.41, 5.74) is 0. The first-order chi connectivity index (χ1) is 6.24. The summed E-state index contributed by atoms with van der Waals surface area (Å²) in [6, 6.07) is 7.21. The molecule has 0 spiro atoms. The second kappa shape index (κ2) is 3.66. The quantitative estimate of drug-likeness (QED) is 0.773.